The number of amides is 1. The number of halogens is 2. The van der Waals surface area contributed by atoms with Crippen molar-refractivity contribution in [2.24, 2.45) is 0 Å². The molecule has 0 aliphatic carbocycles. The minimum absolute atomic E-state index is 0.0569. The molecule has 124 valence electrons. The van der Waals surface area contributed by atoms with E-state index in [2.05, 4.69) is 21.2 Å². The maximum absolute atomic E-state index is 12.3. The van der Waals surface area contributed by atoms with E-state index in [0.29, 0.717) is 27.2 Å². The number of phenols is 1. The molecule has 2 aromatic carbocycles. The van der Waals surface area contributed by atoms with E-state index in [0.717, 1.165) is 23.2 Å². The first-order valence-corrected chi connectivity index (χ1v) is 8.65. The monoisotopic (exact) mass is 407 g/mol. The summed E-state index contributed by atoms with van der Waals surface area (Å²) in [4.78, 5) is 12.3. The number of aryl methyl sites for hydroxylation is 1. The molecule has 2 aromatic rings. The van der Waals surface area contributed by atoms with Crippen LogP contribution in [0.2, 0.25) is 0 Å². The number of anilines is 1. The van der Waals surface area contributed by atoms with Crippen molar-refractivity contribution in [1.29, 1.82) is 0 Å². The molecule has 0 radical (unpaired) electrons. The second kappa shape index (κ2) is 6.87. The van der Waals surface area contributed by atoms with Gasteiger partial charge >= 0.3 is 0 Å². The number of carbonyl (C=O) groups is 1. The van der Waals surface area contributed by atoms with Gasteiger partial charge in [0.25, 0.3) is 5.91 Å². The molecule has 0 saturated heterocycles. The van der Waals surface area contributed by atoms with Crippen LogP contribution in [0.5, 0.6) is 11.5 Å². The number of nitrogens with one attached hydrogen (secondary N) is 1. The van der Waals surface area contributed by atoms with Gasteiger partial charge in [0.05, 0.1) is 11.6 Å². The summed E-state index contributed by atoms with van der Waals surface area (Å²) in [7, 11) is 1.55. The molecule has 0 aromatic heterocycles. The molecule has 2 N–H and O–H groups in total. The highest BCUT2D eigenvalue weighted by atomic mass is 79.9. The van der Waals surface area contributed by atoms with Gasteiger partial charge in [0.15, 0.2) is 0 Å². The number of phenolic OH excluding ortho intramolecular Hbond substituents is 1. The molecule has 0 saturated carbocycles. The molecule has 1 aliphatic heterocycles. The van der Waals surface area contributed by atoms with Crippen LogP contribution in [0.25, 0.3) is 11.6 Å². The van der Waals surface area contributed by atoms with Crippen LogP contribution in [0.3, 0.4) is 0 Å². The summed E-state index contributed by atoms with van der Waals surface area (Å²) in [5, 5.41) is 13.1. The van der Waals surface area contributed by atoms with E-state index in [1.807, 2.05) is 18.2 Å². The largest absolute Gasteiger partial charge is 0.506 e. The maximum atomic E-state index is 12.3. The lowest BCUT2D eigenvalue weighted by atomic mass is 10.0. The molecule has 3 rings (SSSR count). The lowest BCUT2D eigenvalue weighted by molar-refractivity contribution is -0.110. The molecule has 0 spiro atoms. The van der Waals surface area contributed by atoms with E-state index in [1.54, 1.807) is 25.3 Å². The summed E-state index contributed by atoms with van der Waals surface area (Å²) in [5.41, 5.74) is 3.62. The number of aromatic hydroxyl groups is 1. The fourth-order valence-corrected chi connectivity index (χ4v) is 3.29. The van der Waals surface area contributed by atoms with E-state index >= 15 is 0 Å². The topological polar surface area (TPSA) is 58.6 Å². The summed E-state index contributed by atoms with van der Waals surface area (Å²) in [6, 6.07) is 9.12. The highest BCUT2D eigenvalue weighted by Crippen LogP contribution is 2.38. The lowest BCUT2D eigenvalue weighted by Gasteiger charge is -2.07. The molecule has 0 fully saturated rings. The Balaban J connectivity index is 2.11. The number of carbonyl (C=O) groups excluding carboxylic acids is 1. The third-order valence-electron chi connectivity index (χ3n) is 3.85. The first kappa shape index (κ1) is 16.9. The summed E-state index contributed by atoms with van der Waals surface area (Å²) in [5.74, 6) is 0.955. The van der Waals surface area contributed by atoms with Gasteiger partial charge in [-0.3, -0.25) is 4.79 Å². The molecule has 4 nitrogen and oxygen atoms in total. The van der Waals surface area contributed by atoms with Crippen LogP contribution < -0.4 is 10.1 Å². The smallest absolute Gasteiger partial charge is 0.256 e. The van der Waals surface area contributed by atoms with Crippen LogP contribution in [0.15, 0.2) is 34.8 Å². The summed E-state index contributed by atoms with van der Waals surface area (Å²) in [6.07, 6.45) is 2.39. The highest BCUT2D eigenvalue weighted by molar-refractivity contribution is 9.10. The quantitative estimate of drug-likeness (QED) is 0.581. The van der Waals surface area contributed by atoms with Crippen molar-refractivity contribution in [3.63, 3.8) is 0 Å². The molecule has 0 atom stereocenters. The molecule has 6 heteroatoms. The molecule has 1 aliphatic rings. The Morgan fingerprint density at radius 3 is 2.83 bits per heavy atom. The van der Waals surface area contributed by atoms with E-state index in [-0.39, 0.29) is 11.7 Å². The van der Waals surface area contributed by atoms with E-state index < -0.39 is 0 Å². The third kappa shape index (κ3) is 3.14. The number of rotatable bonds is 4. The zero-order valence-electron chi connectivity index (χ0n) is 12.9. The van der Waals surface area contributed by atoms with Gasteiger partial charge in [0.1, 0.15) is 11.5 Å². The Labute approximate surface area is 153 Å². The molecule has 0 unspecified atom stereocenters. The second-order valence-electron chi connectivity index (χ2n) is 5.38. The van der Waals surface area contributed by atoms with Crippen LogP contribution >= 0.6 is 27.5 Å². The number of benzene rings is 2. The average Bonchev–Trinajstić information content (AvgIpc) is 2.87. The number of hydrogen-bond acceptors (Lipinski definition) is 3. The van der Waals surface area contributed by atoms with Gasteiger partial charge in [-0.25, -0.2) is 0 Å². The third-order valence-corrected chi connectivity index (χ3v) is 4.65. The highest BCUT2D eigenvalue weighted by Gasteiger charge is 2.25. The van der Waals surface area contributed by atoms with Crippen molar-refractivity contribution in [3.8, 4) is 11.5 Å². The predicted molar refractivity (Wildman–Crippen MR) is 99.7 cm³/mol. The van der Waals surface area contributed by atoms with E-state index in [4.69, 9.17) is 16.3 Å². The van der Waals surface area contributed by atoms with Gasteiger partial charge < -0.3 is 15.2 Å². The zero-order chi connectivity index (χ0) is 17.3. The second-order valence-corrected chi connectivity index (χ2v) is 6.61. The Morgan fingerprint density at radius 1 is 1.33 bits per heavy atom. The van der Waals surface area contributed by atoms with Crippen LogP contribution in [0.4, 0.5) is 5.69 Å². The van der Waals surface area contributed by atoms with E-state index in [9.17, 15) is 9.90 Å². The first-order chi connectivity index (χ1) is 11.5. The van der Waals surface area contributed by atoms with Crippen molar-refractivity contribution < 1.29 is 14.6 Å². The van der Waals surface area contributed by atoms with Crippen LogP contribution in [0.1, 0.15) is 16.7 Å². The Bertz CT molecular complexity index is 848. The summed E-state index contributed by atoms with van der Waals surface area (Å²) in [6.45, 7) is 0. The average molecular weight is 409 g/mol. The van der Waals surface area contributed by atoms with Crippen molar-refractivity contribution in [3.05, 3.63) is 51.5 Å². The predicted octanol–water partition coefficient (Wildman–Crippen LogP) is 4.44. The van der Waals surface area contributed by atoms with Crippen molar-refractivity contribution in [1.82, 2.24) is 0 Å². The Morgan fingerprint density at radius 2 is 2.12 bits per heavy atom. The minimum Gasteiger partial charge on any atom is -0.506 e. The number of hydrogen-bond donors (Lipinski definition) is 2. The van der Waals surface area contributed by atoms with Gasteiger partial charge in [-0.2, -0.15) is 0 Å². The zero-order valence-corrected chi connectivity index (χ0v) is 15.2. The Hall–Kier alpha value is -1.98. The fraction of sp³-hybridized carbons (Fsp3) is 0.167. The van der Waals surface area contributed by atoms with Crippen molar-refractivity contribution in [2.45, 2.75) is 6.42 Å². The molecular formula is C18H15BrClNO3. The van der Waals surface area contributed by atoms with Crippen LogP contribution in [0, 0.1) is 0 Å². The standard InChI is InChI=1S/C18H15BrClNO3/c1-24-12-7-11(17(22)15(19)9-12)8-14-13-6-10(4-5-20)2-3-16(13)21-18(14)23/h2-3,6-9,22H,4-5H2,1H3,(H,21,23). The summed E-state index contributed by atoms with van der Waals surface area (Å²) < 4.78 is 5.72. The Kier molecular flexibility index (Phi) is 4.83. The molecule has 24 heavy (non-hydrogen) atoms. The van der Waals surface area contributed by atoms with Gasteiger partial charge in [-0.05, 0) is 58.3 Å². The SMILES string of the molecule is COc1cc(Br)c(O)c(C=C2C(=O)Nc3ccc(CCCl)cc32)c1. The van der Waals surface area contributed by atoms with Crippen LogP contribution in [-0.2, 0) is 11.2 Å². The van der Waals surface area contributed by atoms with Gasteiger partial charge in [0.2, 0.25) is 0 Å². The van der Waals surface area contributed by atoms with Crippen molar-refractivity contribution >= 4 is 50.8 Å². The van der Waals surface area contributed by atoms with E-state index in [1.165, 1.54) is 0 Å². The number of methoxy groups -OCH3 is 1. The maximum Gasteiger partial charge on any atom is 0.256 e. The number of ether oxygens (including phenoxy) is 1. The normalized spacial score (nSPS) is 14.6. The minimum atomic E-state index is -0.202. The molecular weight excluding hydrogens is 394 g/mol. The van der Waals surface area contributed by atoms with Gasteiger partial charge in [0, 0.05) is 28.3 Å². The first-order valence-electron chi connectivity index (χ1n) is 7.32. The summed E-state index contributed by atoms with van der Waals surface area (Å²) >= 11 is 9.10. The van der Waals surface area contributed by atoms with Gasteiger partial charge in [-0.15, -0.1) is 11.6 Å². The molecule has 1 heterocycles. The molecule has 0 bridgehead atoms. The lowest BCUT2D eigenvalue weighted by Crippen LogP contribution is -2.03. The van der Waals surface area contributed by atoms with Crippen LogP contribution in [-0.4, -0.2) is 24.0 Å². The number of fused-ring (bicyclic) bond motifs is 1. The molecule has 1 amide bonds. The fourth-order valence-electron chi connectivity index (χ4n) is 2.62. The number of alkyl halides is 1. The van der Waals surface area contributed by atoms with Gasteiger partial charge in [-0.1, -0.05) is 6.07 Å². The van der Waals surface area contributed by atoms with Crippen molar-refractivity contribution in [2.75, 3.05) is 18.3 Å².